The number of nitriles is 1. The first-order valence-electron chi connectivity index (χ1n) is 6.29. The molecular weight excluding hydrogens is 242 g/mol. The summed E-state index contributed by atoms with van der Waals surface area (Å²) >= 11 is 0. The average molecular weight is 259 g/mol. The van der Waals surface area contributed by atoms with Crippen molar-refractivity contribution in [3.05, 3.63) is 29.8 Å². The van der Waals surface area contributed by atoms with Crippen LogP contribution < -0.4 is 10.2 Å². The van der Waals surface area contributed by atoms with Gasteiger partial charge in [-0.25, -0.2) is 4.79 Å². The lowest BCUT2D eigenvalue weighted by Gasteiger charge is -2.36. The number of ether oxygens (including phenoxy) is 1. The number of carbonyl (C=O) groups excluding carboxylic acids is 1. The number of hydrogen-bond donors (Lipinski definition) is 1. The molecule has 5 nitrogen and oxygen atoms in total. The molecule has 0 radical (unpaired) electrons. The third-order valence-electron chi connectivity index (χ3n) is 3.30. The molecule has 1 saturated heterocycles. The number of nitrogens with one attached hydrogen (secondary N) is 1. The van der Waals surface area contributed by atoms with Gasteiger partial charge >= 0.3 is 5.97 Å². The summed E-state index contributed by atoms with van der Waals surface area (Å²) in [7, 11) is 1.37. The second kappa shape index (κ2) is 6.21. The van der Waals surface area contributed by atoms with E-state index in [4.69, 9.17) is 5.26 Å². The SMILES string of the molecule is COC(=O)c1ccc(N2CCNCC2CC#N)cc1. The molecule has 1 heterocycles. The third kappa shape index (κ3) is 3.04. The number of carbonyl (C=O) groups is 1. The molecular formula is C14H17N3O2. The van der Waals surface area contributed by atoms with Crippen molar-refractivity contribution in [2.75, 3.05) is 31.6 Å². The molecule has 0 spiro atoms. The Morgan fingerprint density at radius 3 is 2.89 bits per heavy atom. The number of anilines is 1. The van der Waals surface area contributed by atoms with E-state index in [1.54, 1.807) is 12.1 Å². The smallest absolute Gasteiger partial charge is 0.337 e. The molecule has 1 unspecified atom stereocenters. The fourth-order valence-corrected chi connectivity index (χ4v) is 2.30. The highest BCUT2D eigenvalue weighted by Crippen LogP contribution is 2.20. The highest BCUT2D eigenvalue weighted by molar-refractivity contribution is 5.89. The fourth-order valence-electron chi connectivity index (χ4n) is 2.30. The molecule has 1 N–H and O–H groups in total. The minimum absolute atomic E-state index is 0.183. The Balaban J connectivity index is 2.16. The number of methoxy groups -OCH3 is 1. The molecule has 19 heavy (non-hydrogen) atoms. The fraction of sp³-hybridized carbons (Fsp3) is 0.429. The number of hydrogen-bond acceptors (Lipinski definition) is 5. The number of piperazine rings is 1. The van der Waals surface area contributed by atoms with E-state index in [9.17, 15) is 4.79 Å². The maximum Gasteiger partial charge on any atom is 0.337 e. The van der Waals surface area contributed by atoms with Gasteiger partial charge in [-0.1, -0.05) is 0 Å². The van der Waals surface area contributed by atoms with Gasteiger partial charge < -0.3 is 15.0 Å². The Morgan fingerprint density at radius 1 is 1.53 bits per heavy atom. The van der Waals surface area contributed by atoms with Gasteiger partial charge in [-0.3, -0.25) is 0 Å². The van der Waals surface area contributed by atoms with E-state index in [1.807, 2.05) is 12.1 Å². The van der Waals surface area contributed by atoms with Crippen LogP contribution in [0, 0.1) is 11.3 Å². The molecule has 1 atom stereocenters. The lowest BCUT2D eigenvalue weighted by atomic mass is 10.1. The zero-order chi connectivity index (χ0) is 13.7. The molecule has 0 bridgehead atoms. The summed E-state index contributed by atoms with van der Waals surface area (Å²) in [5.74, 6) is -0.333. The van der Waals surface area contributed by atoms with E-state index in [0.29, 0.717) is 12.0 Å². The first kappa shape index (κ1) is 13.4. The number of esters is 1. The predicted molar refractivity (Wildman–Crippen MR) is 72.0 cm³/mol. The van der Waals surface area contributed by atoms with Crippen LogP contribution in [0.15, 0.2) is 24.3 Å². The van der Waals surface area contributed by atoms with Crippen LogP contribution in [-0.2, 0) is 4.74 Å². The van der Waals surface area contributed by atoms with Crippen molar-refractivity contribution in [1.82, 2.24) is 5.32 Å². The normalized spacial score (nSPS) is 18.7. The summed E-state index contributed by atoms with van der Waals surface area (Å²) in [4.78, 5) is 13.6. The first-order chi connectivity index (χ1) is 9.26. The van der Waals surface area contributed by atoms with E-state index < -0.39 is 0 Å². The van der Waals surface area contributed by atoms with Crippen molar-refractivity contribution in [1.29, 1.82) is 5.26 Å². The van der Waals surface area contributed by atoms with Crippen LogP contribution in [0.5, 0.6) is 0 Å². The molecule has 2 rings (SSSR count). The maximum absolute atomic E-state index is 11.4. The van der Waals surface area contributed by atoms with Crippen molar-refractivity contribution >= 4 is 11.7 Å². The zero-order valence-electron chi connectivity index (χ0n) is 10.9. The molecule has 100 valence electrons. The maximum atomic E-state index is 11.4. The summed E-state index contributed by atoms with van der Waals surface area (Å²) in [6.07, 6.45) is 0.492. The van der Waals surface area contributed by atoms with Crippen LogP contribution in [0.25, 0.3) is 0 Å². The van der Waals surface area contributed by atoms with Gasteiger partial charge in [0.05, 0.1) is 31.2 Å². The van der Waals surface area contributed by atoms with Crippen molar-refractivity contribution in [2.24, 2.45) is 0 Å². The lowest BCUT2D eigenvalue weighted by molar-refractivity contribution is 0.0601. The number of nitrogens with zero attached hydrogens (tertiary/aromatic N) is 2. The second-order valence-corrected chi connectivity index (χ2v) is 4.45. The van der Waals surface area contributed by atoms with Gasteiger partial charge in [0.2, 0.25) is 0 Å². The van der Waals surface area contributed by atoms with Crippen molar-refractivity contribution in [3.8, 4) is 6.07 Å². The summed E-state index contributed by atoms with van der Waals surface area (Å²) in [5, 5.41) is 12.2. The molecule has 0 saturated carbocycles. The lowest BCUT2D eigenvalue weighted by Crippen LogP contribution is -2.51. The van der Waals surface area contributed by atoms with E-state index >= 15 is 0 Å². The molecule has 0 aliphatic carbocycles. The van der Waals surface area contributed by atoms with Gasteiger partial charge in [0.1, 0.15) is 0 Å². The van der Waals surface area contributed by atoms with E-state index in [-0.39, 0.29) is 12.0 Å². The Hall–Kier alpha value is -2.06. The molecule has 1 aliphatic heterocycles. The van der Waals surface area contributed by atoms with Gasteiger partial charge in [0.15, 0.2) is 0 Å². The standard InChI is InChI=1S/C14H17N3O2/c1-19-14(18)11-2-4-12(5-3-11)17-9-8-16-10-13(17)6-7-15/h2-5,13,16H,6,8-10H2,1H3. The van der Waals surface area contributed by atoms with Crippen molar-refractivity contribution < 1.29 is 9.53 Å². The Labute approximate surface area is 112 Å². The Kier molecular flexibility index (Phi) is 4.37. The highest BCUT2D eigenvalue weighted by Gasteiger charge is 2.22. The van der Waals surface area contributed by atoms with Gasteiger partial charge in [0, 0.05) is 25.3 Å². The third-order valence-corrected chi connectivity index (χ3v) is 3.30. The summed E-state index contributed by atoms with van der Waals surface area (Å²) in [6, 6.07) is 9.73. The predicted octanol–water partition coefficient (Wildman–Crippen LogP) is 1.17. The molecule has 1 aromatic carbocycles. The molecule has 0 amide bonds. The van der Waals surface area contributed by atoms with Crippen LogP contribution in [0.4, 0.5) is 5.69 Å². The van der Waals surface area contributed by atoms with Crippen molar-refractivity contribution in [2.45, 2.75) is 12.5 Å². The van der Waals surface area contributed by atoms with E-state index in [1.165, 1.54) is 7.11 Å². The summed E-state index contributed by atoms with van der Waals surface area (Å²) in [6.45, 7) is 2.58. The molecule has 1 fully saturated rings. The highest BCUT2D eigenvalue weighted by atomic mass is 16.5. The summed E-state index contributed by atoms with van der Waals surface area (Å²) in [5.41, 5.74) is 1.58. The van der Waals surface area contributed by atoms with Crippen LogP contribution in [0.2, 0.25) is 0 Å². The molecule has 1 aromatic rings. The zero-order valence-corrected chi connectivity index (χ0v) is 10.9. The summed E-state index contributed by atoms with van der Waals surface area (Å²) < 4.78 is 4.68. The van der Waals surface area contributed by atoms with Crippen LogP contribution >= 0.6 is 0 Å². The molecule has 1 aliphatic rings. The van der Waals surface area contributed by atoms with Crippen LogP contribution in [0.3, 0.4) is 0 Å². The van der Waals surface area contributed by atoms with Crippen LogP contribution in [0.1, 0.15) is 16.8 Å². The van der Waals surface area contributed by atoms with Gasteiger partial charge in [-0.2, -0.15) is 5.26 Å². The number of benzene rings is 1. The molecule has 0 aromatic heterocycles. The number of rotatable bonds is 3. The largest absolute Gasteiger partial charge is 0.465 e. The first-order valence-corrected chi connectivity index (χ1v) is 6.29. The van der Waals surface area contributed by atoms with Gasteiger partial charge in [0.25, 0.3) is 0 Å². The Morgan fingerprint density at radius 2 is 2.26 bits per heavy atom. The quantitative estimate of drug-likeness (QED) is 0.825. The average Bonchev–Trinajstić information content (AvgIpc) is 2.47. The molecule has 5 heteroatoms. The van der Waals surface area contributed by atoms with Crippen LogP contribution in [-0.4, -0.2) is 38.8 Å². The van der Waals surface area contributed by atoms with E-state index in [2.05, 4.69) is 21.0 Å². The second-order valence-electron chi connectivity index (χ2n) is 4.45. The van der Waals surface area contributed by atoms with Crippen molar-refractivity contribution in [3.63, 3.8) is 0 Å². The van der Waals surface area contributed by atoms with E-state index in [0.717, 1.165) is 25.3 Å². The topological polar surface area (TPSA) is 65.4 Å². The minimum Gasteiger partial charge on any atom is -0.465 e. The van der Waals surface area contributed by atoms with Gasteiger partial charge in [-0.05, 0) is 24.3 Å². The van der Waals surface area contributed by atoms with Gasteiger partial charge in [-0.15, -0.1) is 0 Å². The monoisotopic (exact) mass is 259 g/mol. The minimum atomic E-state index is -0.333. The Bertz CT molecular complexity index is 478.